The summed E-state index contributed by atoms with van der Waals surface area (Å²) in [6.07, 6.45) is 6.36. The molecule has 1 unspecified atom stereocenters. The Morgan fingerprint density at radius 1 is 1.44 bits per heavy atom. The molecule has 0 amide bonds. The molecule has 7 heteroatoms. The molecule has 1 aromatic heterocycles. The summed E-state index contributed by atoms with van der Waals surface area (Å²) in [6, 6.07) is 8.33. The van der Waals surface area contributed by atoms with Crippen LogP contribution in [0.4, 0.5) is 0 Å². The smallest absolute Gasteiger partial charge is 0.137 e. The van der Waals surface area contributed by atoms with Crippen LogP contribution < -0.4 is 9.46 Å². The van der Waals surface area contributed by atoms with Gasteiger partial charge in [-0.2, -0.15) is 5.26 Å². The minimum absolute atomic E-state index is 0.0256. The number of aromatic nitrogens is 1. The van der Waals surface area contributed by atoms with Crippen LogP contribution in [0.25, 0.3) is 16.1 Å². The predicted octanol–water partition coefficient (Wildman–Crippen LogP) is 6.24. The van der Waals surface area contributed by atoms with Gasteiger partial charge in [0.2, 0.25) is 0 Å². The van der Waals surface area contributed by atoms with Crippen molar-refractivity contribution in [3.63, 3.8) is 0 Å². The molecule has 1 aliphatic carbocycles. The fourth-order valence-corrected chi connectivity index (χ4v) is 5.58. The van der Waals surface area contributed by atoms with Crippen LogP contribution in [-0.2, 0) is 4.74 Å². The van der Waals surface area contributed by atoms with E-state index in [0.29, 0.717) is 17.4 Å². The van der Waals surface area contributed by atoms with E-state index in [1.165, 1.54) is 21.6 Å². The average molecular weight is 470 g/mol. The van der Waals surface area contributed by atoms with Gasteiger partial charge in [0.1, 0.15) is 16.8 Å². The molecule has 0 aliphatic heterocycles. The fraction of sp³-hybridized carbons (Fsp3) is 0.440. The van der Waals surface area contributed by atoms with E-state index >= 15 is 0 Å². The zero-order valence-electron chi connectivity index (χ0n) is 19.4. The van der Waals surface area contributed by atoms with Crippen molar-refractivity contribution in [1.29, 1.82) is 5.26 Å². The van der Waals surface area contributed by atoms with Gasteiger partial charge in [0.15, 0.2) is 0 Å². The lowest BCUT2D eigenvalue weighted by Crippen LogP contribution is -2.22. The molecule has 1 atom stereocenters. The van der Waals surface area contributed by atoms with E-state index < -0.39 is 0 Å². The van der Waals surface area contributed by atoms with Crippen LogP contribution in [0.1, 0.15) is 51.0 Å². The van der Waals surface area contributed by atoms with E-state index in [2.05, 4.69) is 35.7 Å². The van der Waals surface area contributed by atoms with Gasteiger partial charge >= 0.3 is 0 Å². The molecule has 1 saturated carbocycles. The molecule has 1 N–H and O–H groups in total. The first-order chi connectivity index (χ1) is 15.5. The van der Waals surface area contributed by atoms with Gasteiger partial charge in [0.25, 0.3) is 0 Å². The van der Waals surface area contributed by atoms with Crippen molar-refractivity contribution < 1.29 is 9.47 Å². The molecule has 2 aromatic rings. The third-order valence-electron chi connectivity index (χ3n) is 5.37. The maximum Gasteiger partial charge on any atom is 0.137 e. The van der Waals surface area contributed by atoms with Crippen LogP contribution in [0.15, 0.2) is 41.6 Å². The van der Waals surface area contributed by atoms with Gasteiger partial charge in [-0.15, -0.1) is 11.3 Å². The Morgan fingerprint density at radius 2 is 2.25 bits per heavy atom. The van der Waals surface area contributed by atoms with Gasteiger partial charge in [-0.3, -0.25) is 4.72 Å². The van der Waals surface area contributed by atoms with Crippen LogP contribution in [0, 0.1) is 11.3 Å². The first kappa shape index (κ1) is 24.5. The number of nitrogens with zero attached hydrogens (tertiary/aromatic N) is 2. The molecule has 3 rings (SSSR count). The number of hydrogen-bond acceptors (Lipinski definition) is 7. The number of rotatable bonds is 9. The first-order valence-electron chi connectivity index (χ1n) is 10.9. The molecule has 170 valence electrons. The monoisotopic (exact) mass is 469 g/mol. The molecular weight excluding hydrogens is 438 g/mol. The number of nitriles is 1. The highest BCUT2D eigenvalue weighted by Gasteiger charge is 2.27. The van der Waals surface area contributed by atoms with Gasteiger partial charge in [-0.05, 0) is 75.5 Å². The van der Waals surface area contributed by atoms with Crippen molar-refractivity contribution in [2.24, 2.45) is 0 Å². The van der Waals surface area contributed by atoms with E-state index in [4.69, 9.17) is 9.47 Å². The van der Waals surface area contributed by atoms with E-state index in [1.54, 1.807) is 30.4 Å². The normalized spacial score (nSPS) is 18.9. The number of allylic oxidation sites excluding steroid dienone is 2. The Labute approximate surface area is 199 Å². The number of hydrogen-bond donors (Lipinski definition) is 1. The van der Waals surface area contributed by atoms with Crippen LogP contribution in [0.2, 0.25) is 0 Å². The molecule has 1 aliphatic rings. The highest BCUT2D eigenvalue weighted by Crippen LogP contribution is 2.40. The number of benzene rings is 1. The Bertz CT molecular complexity index is 1030. The number of ether oxygens (including phenoxy) is 2. The van der Waals surface area contributed by atoms with Crippen LogP contribution >= 0.6 is 23.3 Å². The Morgan fingerprint density at radius 3 is 2.94 bits per heavy atom. The van der Waals surface area contributed by atoms with Crippen molar-refractivity contribution >= 4 is 28.9 Å². The highest BCUT2D eigenvalue weighted by molar-refractivity contribution is 7.97. The SMILES string of the molecule is C/C=C1\C(=C(/C)c2cnc(-c3ccc(OC(C)C)c(C#N)c3)s2)CCC1NSCCOC. The molecule has 32 heavy (non-hydrogen) atoms. The lowest BCUT2D eigenvalue weighted by atomic mass is 10.0. The van der Waals surface area contributed by atoms with E-state index in [-0.39, 0.29) is 6.10 Å². The largest absolute Gasteiger partial charge is 0.490 e. The Balaban J connectivity index is 1.80. The Hall–Kier alpha value is -2.11. The van der Waals surface area contributed by atoms with E-state index in [0.717, 1.165) is 35.8 Å². The second-order valence-corrected chi connectivity index (χ2v) is 9.88. The summed E-state index contributed by atoms with van der Waals surface area (Å²) < 4.78 is 14.5. The summed E-state index contributed by atoms with van der Waals surface area (Å²) in [5.74, 6) is 1.55. The lowest BCUT2D eigenvalue weighted by Gasteiger charge is -2.14. The minimum atomic E-state index is 0.0256. The van der Waals surface area contributed by atoms with Gasteiger partial charge < -0.3 is 9.47 Å². The molecule has 1 fully saturated rings. The topological polar surface area (TPSA) is 67.2 Å². The molecule has 0 bridgehead atoms. The summed E-state index contributed by atoms with van der Waals surface area (Å²) in [5.41, 5.74) is 5.55. The van der Waals surface area contributed by atoms with Gasteiger partial charge in [0.05, 0.1) is 23.2 Å². The van der Waals surface area contributed by atoms with E-state index in [1.807, 2.05) is 38.2 Å². The molecule has 0 spiro atoms. The second kappa shape index (κ2) is 11.7. The van der Waals surface area contributed by atoms with E-state index in [9.17, 15) is 5.26 Å². The van der Waals surface area contributed by atoms with Crippen LogP contribution in [-0.4, -0.2) is 36.6 Å². The lowest BCUT2D eigenvalue weighted by molar-refractivity contribution is 0.218. The second-order valence-electron chi connectivity index (χ2n) is 7.92. The summed E-state index contributed by atoms with van der Waals surface area (Å²) in [4.78, 5) is 5.84. The zero-order chi connectivity index (χ0) is 23.1. The van der Waals surface area contributed by atoms with Crippen LogP contribution in [0.3, 0.4) is 0 Å². The summed E-state index contributed by atoms with van der Waals surface area (Å²) in [7, 11) is 1.73. The minimum Gasteiger partial charge on any atom is -0.490 e. The van der Waals surface area contributed by atoms with Crippen LogP contribution in [0.5, 0.6) is 5.75 Å². The Kier molecular flexibility index (Phi) is 8.94. The van der Waals surface area contributed by atoms with Crippen molar-refractivity contribution in [1.82, 2.24) is 9.71 Å². The number of thiazole rings is 1. The van der Waals surface area contributed by atoms with Gasteiger partial charge in [-0.25, -0.2) is 4.98 Å². The summed E-state index contributed by atoms with van der Waals surface area (Å²) >= 11 is 3.40. The fourth-order valence-electron chi connectivity index (χ4n) is 3.82. The van der Waals surface area contributed by atoms with Gasteiger partial charge in [0, 0.05) is 30.7 Å². The average Bonchev–Trinajstić information content (AvgIpc) is 3.43. The molecule has 0 saturated heterocycles. The molecule has 5 nitrogen and oxygen atoms in total. The number of methoxy groups -OCH3 is 1. The van der Waals surface area contributed by atoms with Crippen molar-refractivity contribution in [2.45, 2.75) is 52.7 Å². The maximum absolute atomic E-state index is 9.54. The molecule has 0 radical (unpaired) electrons. The molecular formula is C25H31N3O2S2. The first-order valence-corrected chi connectivity index (χ1v) is 12.7. The molecule has 1 heterocycles. The van der Waals surface area contributed by atoms with Gasteiger partial charge in [-0.1, -0.05) is 18.0 Å². The predicted molar refractivity (Wildman–Crippen MR) is 135 cm³/mol. The zero-order valence-corrected chi connectivity index (χ0v) is 21.0. The standard InChI is InChI=1S/C25H31N3O2S2/c1-6-20-21(8-9-22(20)28-31-12-11-29-5)17(4)24-15-27-25(32-24)18-7-10-23(30-16(2)3)19(13-18)14-26/h6-7,10,13,15-16,22,28H,8-9,11-12H2,1-5H3/b20-6+,21-17+. The molecule has 1 aromatic carbocycles. The van der Waals surface area contributed by atoms with Crippen molar-refractivity contribution in [3.8, 4) is 22.4 Å². The third-order valence-corrected chi connectivity index (χ3v) is 7.36. The maximum atomic E-state index is 9.54. The number of nitrogens with one attached hydrogen (secondary N) is 1. The third kappa shape index (κ3) is 5.81. The summed E-state index contributed by atoms with van der Waals surface area (Å²) in [6.45, 7) is 8.97. The van der Waals surface area contributed by atoms with Crippen molar-refractivity contribution in [3.05, 3.63) is 52.1 Å². The van der Waals surface area contributed by atoms with Crippen molar-refractivity contribution in [2.75, 3.05) is 19.5 Å². The summed E-state index contributed by atoms with van der Waals surface area (Å²) in [5, 5.41) is 10.5. The quantitative estimate of drug-likeness (QED) is 0.347. The highest BCUT2D eigenvalue weighted by atomic mass is 32.2.